The van der Waals surface area contributed by atoms with E-state index < -0.39 is 17.1 Å². The standard InChI is InChI=1S/C21H27N3O6/c1-2-3-5-18(22-20-6-4-11-29-20)19-12-17(25)13-23(19)21(26)30-14-15-7-9-16(10-8-15)24(27)28/h4,6-11,17-19,22,25H,2-3,5,12-14H2,1H3/t17-,18?,19+/m1/s1. The maximum absolute atomic E-state index is 12.8. The normalized spacial score (nSPS) is 19.5. The highest BCUT2D eigenvalue weighted by atomic mass is 16.6. The van der Waals surface area contributed by atoms with Gasteiger partial charge in [0, 0.05) is 24.2 Å². The molecule has 9 heteroatoms. The van der Waals surface area contributed by atoms with Crippen LogP contribution in [-0.4, -0.2) is 45.8 Å². The zero-order valence-corrected chi connectivity index (χ0v) is 16.9. The van der Waals surface area contributed by atoms with Crippen LogP contribution in [0, 0.1) is 10.1 Å². The number of hydrogen-bond acceptors (Lipinski definition) is 7. The number of unbranched alkanes of at least 4 members (excludes halogenated alkanes) is 1. The van der Waals surface area contributed by atoms with Crippen LogP contribution in [0.15, 0.2) is 47.1 Å². The molecule has 1 unspecified atom stereocenters. The zero-order valence-electron chi connectivity index (χ0n) is 16.9. The number of amides is 1. The summed E-state index contributed by atoms with van der Waals surface area (Å²) in [5, 5.41) is 24.3. The van der Waals surface area contributed by atoms with E-state index in [1.54, 1.807) is 29.4 Å². The fourth-order valence-corrected chi connectivity index (χ4v) is 3.70. The van der Waals surface area contributed by atoms with E-state index in [1.807, 2.05) is 6.07 Å². The minimum absolute atomic E-state index is 0.00137. The number of rotatable bonds is 9. The second kappa shape index (κ2) is 10.1. The number of furan rings is 1. The molecule has 0 bridgehead atoms. The van der Waals surface area contributed by atoms with Gasteiger partial charge in [-0.15, -0.1) is 0 Å². The predicted molar refractivity (Wildman–Crippen MR) is 110 cm³/mol. The Labute approximate surface area is 174 Å². The number of likely N-dealkylation sites (tertiary alicyclic amines) is 1. The average molecular weight is 417 g/mol. The Morgan fingerprint density at radius 1 is 1.40 bits per heavy atom. The molecule has 1 aromatic heterocycles. The summed E-state index contributed by atoms with van der Waals surface area (Å²) in [5.41, 5.74) is 0.636. The minimum Gasteiger partial charge on any atom is -0.449 e. The van der Waals surface area contributed by atoms with Gasteiger partial charge in [-0.2, -0.15) is 0 Å². The second-order valence-corrected chi connectivity index (χ2v) is 7.46. The van der Waals surface area contributed by atoms with Crippen LogP contribution in [0.4, 0.5) is 16.4 Å². The third-order valence-electron chi connectivity index (χ3n) is 5.25. The van der Waals surface area contributed by atoms with E-state index in [2.05, 4.69) is 12.2 Å². The number of carbonyl (C=O) groups excluding carboxylic acids is 1. The second-order valence-electron chi connectivity index (χ2n) is 7.46. The summed E-state index contributed by atoms with van der Waals surface area (Å²) < 4.78 is 10.8. The van der Waals surface area contributed by atoms with Crippen molar-refractivity contribution in [1.82, 2.24) is 4.90 Å². The van der Waals surface area contributed by atoms with Crippen molar-refractivity contribution in [3.8, 4) is 0 Å². The van der Waals surface area contributed by atoms with Crippen molar-refractivity contribution < 1.29 is 24.0 Å². The van der Waals surface area contributed by atoms with Crippen LogP contribution in [0.25, 0.3) is 0 Å². The number of anilines is 1. The molecule has 0 radical (unpaired) electrons. The Kier molecular flexibility index (Phi) is 7.29. The van der Waals surface area contributed by atoms with Gasteiger partial charge in [-0.05, 0) is 36.6 Å². The molecule has 0 spiro atoms. The summed E-state index contributed by atoms with van der Waals surface area (Å²) in [6, 6.07) is 9.16. The Morgan fingerprint density at radius 2 is 2.17 bits per heavy atom. The highest BCUT2D eigenvalue weighted by Gasteiger charge is 2.40. The quantitative estimate of drug-likeness (QED) is 0.469. The summed E-state index contributed by atoms with van der Waals surface area (Å²) in [4.78, 5) is 24.6. The Morgan fingerprint density at radius 3 is 2.80 bits per heavy atom. The molecule has 2 N–H and O–H groups in total. The van der Waals surface area contributed by atoms with Gasteiger partial charge < -0.3 is 24.5 Å². The number of hydrogen-bond donors (Lipinski definition) is 2. The van der Waals surface area contributed by atoms with Crippen LogP contribution >= 0.6 is 0 Å². The van der Waals surface area contributed by atoms with Crippen molar-refractivity contribution >= 4 is 17.7 Å². The van der Waals surface area contributed by atoms with E-state index in [9.17, 15) is 20.0 Å². The Balaban J connectivity index is 1.65. The number of nitro groups is 1. The molecule has 0 aliphatic carbocycles. The number of non-ortho nitro benzene ring substituents is 1. The number of aliphatic hydroxyl groups is 1. The third kappa shape index (κ3) is 5.50. The van der Waals surface area contributed by atoms with Gasteiger partial charge in [-0.25, -0.2) is 4.79 Å². The van der Waals surface area contributed by atoms with Crippen LogP contribution in [0.2, 0.25) is 0 Å². The van der Waals surface area contributed by atoms with Crippen molar-refractivity contribution in [3.05, 3.63) is 58.3 Å². The smallest absolute Gasteiger partial charge is 0.410 e. The lowest BCUT2D eigenvalue weighted by Gasteiger charge is -2.31. The highest BCUT2D eigenvalue weighted by molar-refractivity contribution is 5.69. The Hall–Kier alpha value is -3.07. The number of carbonyl (C=O) groups is 1. The summed E-state index contributed by atoms with van der Waals surface area (Å²) in [6.07, 6.45) is 3.70. The zero-order chi connectivity index (χ0) is 21.5. The SMILES string of the molecule is CCCCC(Nc1ccco1)[C@@H]1C[C@@H](O)CN1C(=O)OCc1ccc([N+](=O)[O-])cc1. The monoisotopic (exact) mass is 417 g/mol. The number of benzene rings is 1. The maximum Gasteiger partial charge on any atom is 0.410 e. The number of ether oxygens (including phenoxy) is 1. The van der Waals surface area contributed by atoms with Gasteiger partial charge in [0.15, 0.2) is 5.88 Å². The van der Waals surface area contributed by atoms with Crippen molar-refractivity contribution in [3.63, 3.8) is 0 Å². The highest BCUT2D eigenvalue weighted by Crippen LogP contribution is 2.27. The molecule has 1 aliphatic heterocycles. The van der Waals surface area contributed by atoms with Gasteiger partial charge in [0.25, 0.3) is 5.69 Å². The predicted octanol–water partition coefficient (Wildman–Crippen LogP) is 3.93. The lowest BCUT2D eigenvalue weighted by atomic mass is 9.99. The van der Waals surface area contributed by atoms with E-state index in [0.29, 0.717) is 17.9 Å². The molecule has 1 amide bonds. The minimum atomic E-state index is -0.621. The lowest BCUT2D eigenvalue weighted by Crippen LogP contribution is -2.46. The maximum atomic E-state index is 12.8. The molecule has 30 heavy (non-hydrogen) atoms. The summed E-state index contributed by atoms with van der Waals surface area (Å²) in [7, 11) is 0. The third-order valence-corrected chi connectivity index (χ3v) is 5.25. The molecule has 9 nitrogen and oxygen atoms in total. The van der Waals surface area contributed by atoms with Gasteiger partial charge >= 0.3 is 6.09 Å². The average Bonchev–Trinajstić information content (AvgIpc) is 3.39. The van der Waals surface area contributed by atoms with Crippen LogP contribution in [0.1, 0.15) is 38.2 Å². The molecule has 2 aromatic rings. The van der Waals surface area contributed by atoms with E-state index in [-0.39, 0.29) is 30.9 Å². The van der Waals surface area contributed by atoms with Crippen molar-refractivity contribution in [2.75, 3.05) is 11.9 Å². The fourth-order valence-electron chi connectivity index (χ4n) is 3.70. The van der Waals surface area contributed by atoms with Gasteiger partial charge in [0.05, 0.1) is 29.9 Å². The van der Waals surface area contributed by atoms with Crippen LogP contribution in [-0.2, 0) is 11.3 Å². The van der Waals surface area contributed by atoms with Gasteiger partial charge in [-0.1, -0.05) is 19.8 Å². The summed E-state index contributed by atoms with van der Waals surface area (Å²) in [6.45, 7) is 2.30. The lowest BCUT2D eigenvalue weighted by molar-refractivity contribution is -0.384. The fraction of sp³-hybridized carbons (Fsp3) is 0.476. The summed E-state index contributed by atoms with van der Waals surface area (Å²) in [5.74, 6) is 0.622. The number of nitro benzene ring substituents is 1. The van der Waals surface area contributed by atoms with Crippen molar-refractivity contribution in [1.29, 1.82) is 0 Å². The Bertz CT molecular complexity index is 824. The van der Waals surface area contributed by atoms with E-state index in [0.717, 1.165) is 19.3 Å². The van der Waals surface area contributed by atoms with Gasteiger partial charge in [0.2, 0.25) is 0 Å². The molecule has 3 rings (SSSR count). The molecule has 0 saturated carbocycles. The van der Waals surface area contributed by atoms with Crippen LogP contribution in [0.3, 0.4) is 0 Å². The molecule has 1 fully saturated rings. The van der Waals surface area contributed by atoms with Crippen molar-refractivity contribution in [2.24, 2.45) is 0 Å². The summed E-state index contributed by atoms with van der Waals surface area (Å²) >= 11 is 0. The number of nitrogens with zero attached hydrogens (tertiary/aromatic N) is 2. The molecule has 1 aromatic carbocycles. The molecular weight excluding hydrogens is 390 g/mol. The number of β-amino-alcohol motifs (C(OH)–C–C–N with tert-alkyl or cyclic N) is 1. The largest absolute Gasteiger partial charge is 0.449 e. The molecule has 162 valence electrons. The van der Waals surface area contributed by atoms with Gasteiger partial charge in [-0.3, -0.25) is 10.1 Å². The first-order valence-corrected chi connectivity index (χ1v) is 10.1. The molecular formula is C21H27N3O6. The molecule has 1 saturated heterocycles. The van der Waals surface area contributed by atoms with E-state index in [4.69, 9.17) is 9.15 Å². The number of aliphatic hydroxyl groups excluding tert-OH is 1. The van der Waals surface area contributed by atoms with Crippen LogP contribution < -0.4 is 5.32 Å². The molecule has 1 aliphatic rings. The van der Waals surface area contributed by atoms with Crippen LogP contribution in [0.5, 0.6) is 0 Å². The molecule has 2 heterocycles. The first-order chi connectivity index (χ1) is 14.5. The first kappa shape index (κ1) is 21.6. The first-order valence-electron chi connectivity index (χ1n) is 10.1. The van der Waals surface area contributed by atoms with Crippen molar-refractivity contribution in [2.45, 2.75) is 57.4 Å². The number of nitrogens with one attached hydrogen (secondary N) is 1. The van der Waals surface area contributed by atoms with Gasteiger partial charge in [0.1, 0.15) is 6.61 Å². The van der Waals surface area contributed by atoms with E-state index >= 15 is 0 Å². The topological polar surface area (TPSA) is 118 Å². The van der Waals surface area contributed by atoms with E-state index in [1.165, 1.54) is 12.1 Å². The molecule has 3 atom stereocenters.